The fraction of sp³-hybridized carbons (Fsp3) is 0.316. The van der Waals surface area contributed by atoms with Crippen LogP contribution < -0.4 is 14.4 Å². The van der Waals surface area contributed by atoms with Gasteiger partial charge in [-0.05, 0) is 62.4 Å². The molecule has 28 heavy (non-hydrogen) atoms. The van der Waals surface area contributed by atoms with Gasteiger partial charge in [-0.25, -0.2) is 8.70 Å². The molecule has 0 aliphatic carbocycles. The van der Waals surface area contributed by atoms with Gasteiger partial charge in [0.25, 0.3) is 0 Å². The summed E-state index contributed by atoms with van der Waals surface area (Å²) in [5.74, 6) is -0.373. The molecule has 0 saturated heterocycles. The second-order valence-corrected chi connectivity index (χ2v) is 8.58. The Labute approximate surface area is 164 Å². The number of hydrogen-bond donors (Lipinski definition) is 1. The van der Waals surface area contributed by atoms with Gasteiger partial charge in [0.1, 0.15) is 18.1 Å². The van der Waals surface area contributed by atoms with Crippen LogP contribution in [0, 0.1) is 5.82 Å². The van der Waals surface area contributed by atoms with Crippen molar-refractivity contribution in [2.24, 2.45) is 0 Å². The molecule has 2 rings (SSSR count). The van der Waals surface area contributed by atoms with Crippen LogP contribution in [-0.4, -0.2) is 45.4 Å². The number of benzene rings is 2. The topological polar surface area (TPSA) is 79.0 Å². The van der Waals surface area contributed by atoms with Crippen LogP contribution in [0.3, 0.4) is 0 Å². The summed E-state index contributed by atoms with van der Waals surface area (Å²) in [6, 6.07) is 11.6. The van der Waals surface area contributed by atoms with E-state index in [0.29, 0.717) is 11.4 Å². The lowest BCUT2D eigenvalue weighted by atomic mass is 10.3. The van der Waals surface area contributed by atoms with Crippen LogP contribution in [-0.2, 0) is 15.0 Å². The van der Waals surface area contributed by atoms with Gasteiger partial charge in [-0.2, -0.15) is 12.7 Å². The van der Waals surface area contributed by atoms with Crippen LogP contribution in [0.1, 0.15) is 13.8 Å². The van der Waals surface area contributed by atoms with E-state index in [4.69, 9.17) is 4.74 Å². The normalized spacial score (nSPS) is 11.5. The lowest BCUT2D eigenvalue weighted by molar-refractivity contribution is -0.114. The zero-order chi connectivity index (χ0) is 20.9. The van der Waals surface area contributed by atoms with Crippen molar-refractivity contribution in [1.29, 1.82) is 0 Å². The molecule has 0 atom stereocenters. The third-order valence-corrected chi connectivity index (χ3v) is 5.47. The van der Waals surface area contributed by atoms with Gasteiger partial charge in [0.2, 0.25) is 5.91 Å². The Hall–Kier alpha value is -2.65. The monoisotopic (exact) mass is 409 g/mol. The first-order chi connectivity index (χ1) is 13.1. The largest absolute Gasteiger partial charge is 0.491 e. The summed E-state index contributed by atoms with van der Waals surface area (Å²) in [4.78, 5) is 12.5. The molecule has 2 aromatic rings. The molecule has 0 fully saturated rings. The van der Waals surface area contributed by atoms with Crippen molar-refractivity contribution in [2.45, 2.75) is 20.0 Å². The van der Waals surface area contributed by atoms with Crippen molar-refractivity contribution in [3.63, 3.8) is 0 Å². The zero-order valence-corrected chi connectivity index (χ0v) is 17.0. The van der Waals surface area contributed by atoms with Crippen LogP contribution in [0.15, 0.2) is 48.5 Å². The minimum absolute atomic E-state index is 0.0287. The summed E-state index contributed by atoms with van der Waals surface area (Å²) >= 11 is 0. The lowest BCUT2D eigenvalue weighted by Gasteiger charge is -2.26. The summed E-state index contributed by atoms with van der Waals surface area (Å²) in [6.07, 6.45) is 0.0287. The Morgan fingerprint density at radius 1 is 1.07 bits per heavy atom. The molecule has 0 heterocycles. The molecular formula is C19H24FN3O4S. The average Bonchev–Trinajstić information content (AvgIpc) is 2.61. The number of halogens is 1. The number of nitrogens with zero attached hydrogens (tertiary/aromatic N) is 2. The maximum absolute atomic E-state index is 13.2. The molecule has 0 saturated carbocycles. The molecule has 0 spiro atoms. The van der Waals surface area contributed by atoms with Crippen LogP contribution in [0.2, 0.25) is 0 Å². The van der Waals surface area contributed by atoms with Gasteiger partial charge in [-0.1, -0.05) is 0 Å². The number of nitrogens with one attached hydrogen (secondary N) is 1. The van der Waals surface area contributed by atoms with Crippen LogP contribution >= 0.6 is 0 Å². The van der Waals surface area contributed by atoms with Gasteiger partial charge in [0.05, 0.1) is 11.8 Å². The van der Waals surface area contributed by atoms with Crippen molar-refractivity contribution in [1.82, 2.24) is 4.31 Å². The maximum atomic E-state index is 13.2. The first-order valence-electron chi connectivity index (χ1n) is 8.62. The lowest BCUT2D eigenvalue weighted by Crippen LogP contribution is -2.44. The fourth-order valence-corrected chi connectivity index (χ4v) is 3.39. The predicted molar refractivity (Wildman–Crippen MR) is 107 cm³/mol. The van der Waals surface area contributed by atoms with Gasteiger partial charge in [0.15, 0.2) is 0 Å². The number of amides is 1. The molecule has 0 aliphatic heterocycles. The highest BCUT2D eigenvalue weighted by Gasteiger charge is 2.27. The number of carbonyl (C=O) groups is 1. The predicted octanol–water partition coefficient (Wildman–Crippen LogP) is 2.86. The molecule has 1 N–H and O–H groups in total. The minimum atomic E-state index is -3.95. The summed E-state index contributed by atoms with van der Waals surface area (Å²) in [5.41, 5.74) is 0.688. The second-order valence-electron chi connectivity index (χ2n) is 6.51. The summed E-state index contributed by atoms with van der Waals surface area (Å²) < 4.78 is 45.9. The van der Waals surface area contributed by atoms with Gasteiger partial charge in [0, 0.05) is 19.8 Å². The first kappa shape index (κ1) is 21.6. The molecule has 0 bridgehead atoms. The maximum Gasteiger partial charge on any atom is 0.304 e. The number of rotatable bonds is 8. The van der Waals surface area contributed by atoms with E-state index < -0.39 is 28.5 Å². The third kappa shape index (κ3) is 5.67. The fourth-order valence-electron chi connectivity index (χ4n) is 2.33. The molecule has 2 aromatic carbocycles. The molecule has 7 nitrogen and oxygen atoms in total. The van der Waals surface area contributed by atoms with Crippen LogP contribution in [0.4, 0.5) is 15.8 Å². The van der Waals surface area contributed by atoms with Crippen LogP contribution in [0.25, 0.3) is 0 Å². The first-order valence-corrected chi connectivity index (χ1v) is 10.0. The van der Waals surface area contributed by atoms with Crippen molar-refractivity contribution in [3.8, 4) is 5.75 Å². The second kappa shape index (κ2) is 9.03. The van der Waals surface area contributed by atoms with E-state index in [1.165, 1.54) is 26.2 Å². The molecule has 152 valence electrons. The minimum Gasteiger partial charge on any atom is -0.491 e. The van der Waals surface area contributed by atoms with Crippen molar-refractivity contribution < 1.29 is 22.3 Å². The smallest absolute Gasteiger partial charge is 0.304 e. The number of ether oxygens (including phenoxy) is 1. The SMILES string of the molecule is CC(C)Oc1ccc(NC(=O)CN(c2ccc(F)cc2)S(=O)(=O)N(C)C)cc1. The van der Waals surface area contributed by atoms with Gasteiger partial charge >= 0.3 is 10.2 Å². The highest BCUT2D eigenvalue weighted by molar-refractivity contribution is 7.90. The number of hydrogen-bond acceptors (Lipinski definition) is 4. The van der Waals surface area contributed by atoms with Crippen molar-refractivity contribution in [2.75, 3.05) is 30.3 Å². The summed E-state index contributed by atoms with van der Waals surface area (Å²) in [7, 11) is -1.23. The Kier molecular flexibility index (Phi) is 6.98. The summed E-state index contributed by atoms with van der Waals surface area (Å²) in [5, 5.41) is 2.65. The standard InChI is InChI=1S/C19H24FN3O4S/c1-14(2)27-18-11-7-16(8-12-18)21-19(24)13-23(28(25,26)22(3)4)17-9-5-15(20)6-10-17/h5-12,14H,13H2,1-4H3,(H,21,24). The zero-order valence-electron chi connectivity index (χ0n) is 16.2. The molecule has 9 heteroatoms. The van der Waals surface area contributed by atoms with E-state index in [0.717, 1.165) is 20.7 Å². The molecule has 0 aliphatic rings. The average molecular weight is 409 g/mol. The van der Waals surface area contributed by atoms with Gasteiger partial charge < -0.3 is 10.1 Å². The number of anilines is 2. The van der Waals surface area contributed by atoms with E-state index in [1.54, 1.807) is 24.3 Å². The third-order valence-electron chi connectivity index (χ3n) is 3.65. The highest BCUT2D eigenvalue weighted by atomic mass is 32.2. The number of carbonyl (C=O) groups excluding carboxylic acids is 1. The van der Waals surface area contributed by atoms with Gasteiger partial charge in [-0.3, -0.25) is 4.79 Å². The Bertz CT molecular complexity index is 898. The molecule has 1 amide bonds. The van der Waals surface area contributed by atoms with E-state index in [9.17, 15) is 17.6 Å². The van der Waals surface area contributed by atoms with E-state index in [2.05, 4.69) is 5.32 Å². The molecule has 0 unspecified atom stereocenters. The Morgan fingerprint density at radius 2 is 1.64 bits per heavy atom. The van der Waals surface area contributed by atoms with Gasteiger partial charge in [-0.15, -0.1) is 0 Å². The Balaban J connectivity index is 2.17. The molecule has 0 radical (unpaired) electrons. The van der Waals surface area contributed by atoms with Crippen LogP contribution in [0.5, 0.6) is 5.75 Å². The van der Waals surface area contributed by atoms with E-state index in [1.807, 2.05) is 13.8 Å². The van der Waals surface area contributed by atoms with Crippen molar-refractivity contribution in [3.05, 3.63) is 54.3 Å². The van der Waals surface area contributed by atoms with Crippen molar-refractivity contribution >= 4 is 27.5 Å². The van der Waals surface area contributed by atoms with E-state index in [-0.39, 0.29) is 11.8 Å². The Morgan fingerprint density at radius 3 is 2.14 bits per heavy atom. The quantitative estimate of drug-likeness (QED) is 0.727. The molecular weight excluding hydrogens is 385 g/mol. The molecule has 0 aromatic heterocycles. The van der Waals surface area contributed by atoms with E-state index >= 15 is 0 Å². The highest BCUT2D eigenvalue weighted by Crippen LogP contribution is 2.21. The summed E-state index contributed by atoms with van der Waals surface area (Å²) in [6.45, 7) is 3.35.